The van der Waals surface area contributed by atoms with Crippen LogP contribution in [0.2, 0.25) is 0 Å². The van der Waals surface area contributed by atoms with Crippen molar-refractivity contribution < 1.29 is 9.18 Å². The number of carbonyl (C=O) groups excluding carboxylic acids is 1. The summed E-state index contributed by atoms with van der Waals surface area (Å²) in [6.07, 6.45) is 3.01. The molecule has 6 heteroatoms. The molecule has 0 unspecified atom stereocenters. The molecule has 0 fully saturated rings. The first kappa shape index (κ1) is 13.8. The number of carbonyl (C=O) groups is 1. The molecule has 0 bridgehead atoms. The third-order valence-corrected chi connectivity index (χ3v) is 2.52. The van der Waals surface area contributed by atoms with Crippen molar-refractivity contribution in [2.75, 3.05) is 11.9 Å². The molecule has 0 saturated carbocycles. The Morgan fingerprint density at radius 1 is 1.55 bits per heavy atom. The van der Waals surface area contributed by atoms with E-state index in [9.17, 15) is 9.18 Å². The maximum absolute atomic E-state index is 13.7. The fourth-order valence-corrected chi connectivity index (χ4v) is 1.58. The first-order chi connectivity index (χ1) is 9.60. The number of aromatic nitrogens is 2. The summed E-state index contributed by atoms with van der Waals surface area (Å²) in [5, 5.41) is 6.49. The average molecular weight is 272 g/mol. The SMILES string of the molecule is Cn1cc(C(=O)Nc2ccc(C#CCN)c(F)c2)cn1. The van der Waals surface area contributed by atoms with Gasteiger partial charge in [0.05, 0.1) is 23.9 Å². The standard InChI is InChI=1S/C14H13FN4O/c1-19-9-11(8-17-19)14(20)18-12-5-4-10(3-2-6-16)13(15)7-12/h4-5,7-9H,6,16H2,1H3,(H,18,20). The van der Waals surface area contributed by atoms with Gasteiger partial charge in [-0.1, -0.05) is 11.8 Å². The van der Waals surface area contributed by atoms with Gasteiger partial charge in [0.25, 0.3) is 5.91 Å². The number of amides is 1. The van der Waals surface area contributed by atoms with E-state index in [-0.39, 0.29) is 18.0 Å². The van der Waals surface area contributed by atoms with E-state index in [0.29, 0.717) is 11.3 Å². The van der Waals surface area contributed by atoms with Crippen LogP contribution >= 0.6 is 0 Å². The highest BCUT2D eigenvalue weighted by Crippen LogP contribution is 2.14. The molecule has 0 aliphatic rings. The van der Waals surface area contributed by atoms with Crippen LogP contribution in [0.3, 0.4) is 0 Å². The molecule has 1 amide bonds. The maximum Gasteiger partial charge on any atom is 0.258 e. The quantitative estimate of drug-likeness (QED) is 0.805. The highest BCUT2D eigenvalue weighted by molar-refractivity contribution is 6.03. The van der Waals surface area contributed by atoms with Gasteiger partial charge in [0.15, 0.2) is 0 Å². The predicted octanol–water partition coefficient (Wildman–Crippen LogP) is 1.12. The first-order valence-electron chi connectivity index (χ1n) is 5.88. The van der Waals surface area contributed by atoms with Crippen LogP contribution in [0.4, 0.5) is 10.1 Å². The molecule has 0 spiro atoms. The van der Waals surface area contributed by atoms with Crippen molar-refractivity contribution in [3.63, 3.8) is 0 Å². The second-order valence-corrected chi connectivity index (χ2v) is 4.06. The number of anilines is 1. The van der Waals surface area contributed by atoms with Crippen LogP contribution in [0.1, 0.15) is 15.9 Å². The lowest BCUT2D eigenvalue weighted by Gasteiger charge is -2.04. The number of hydrogen-bond acceptors (Lipinski definition) is 3. The highest BCUT2D eigenvalue weighted by atomic mass is 19.1. The number of hydrogen-bond donors (Lipinski definition) is 2. The fourth-order valence-electron chi connectivity index (χ4n) is 1.58. The zero-order valence-electron chi connectivity index (χ0n) is 10.9. The molecule has 2 rings (SSSR count). The van der Waals surface area contributed by atoms with Crippen molar-refractivity contribution in [2.24, 2.45) is 12.8 Å². The number of rotatable bonds is 2. The lowest BCUT2D eigenvalue weighted by molar-refractivity contribution is 0.102. The normalized spacial score (nSPS) is 9.75. The summed E-state index contributed by atoms with van der Waals surface area (Å²) in [5.74, 6) is 4.33. The van der Waals surface area contributed by atoms with Gasteiger partial charge < -0.3 is 11.1 Å². The van der Waals surface area contributed by atoms with E-state index >= 15 is 0 Å². The predicted molar refractivity (Wildman–Crippen MR) is 73.5 cm³/mol. The van der Waals surface area contributed by atoms with Crippen LogP contribution in [0.25, 0.3) is 0 Å². The third-order valence-electron chi connectivity index (χ3n) is 2.52. The highest BCUT2D eigenvalue weighted by Gasteiger charge is 2.09. The Hall–Kier alpha value is -2.65. The van der Waals surface area contributed by atoms with Gasteiger partial charge in [0, 0.05) is 18.9 Å². The van der Waals surface area contributed by atoms with Crippen LogP contribution in [0.5, 0.6) is 0 Å². The summed E-state index contributed by atoms with van der Waals surface area (Å²) < 4.78 is 15.2. The van der Waals surface area contributed by atoms with Gasteiger partial charge in [-0.15, -0.1) is 0 Å². The Balaban J connectivity index is 2.14. The van der Waals surface area contributed by atoms with Gasteiger partial charge >= 0.3 is 0 Å². The van der Waals surface area contributed by atoms with Crippen LogP contribution in [0, 0.1) is 17.7 Å². The van der Waals surface area contributed by atoms with E-state index < -0.39 is 5.82 Å². The lowest BCUT2D eigenvalue weighted by Crippen LogP contribution is -2.11. The number of halogens is 1. The van der Waals surface area contributed by atoms with E-state index in [0.717, 1.165) is 0 Å². The molecule has 0 radical (unpaired) electrons. The van der Waals surface area contributed by atoms with Crippen molar-refractivity contribution in [3.05, 3.63) is 47.5 Å². The van der Waals surface area contributed by atoms with Gasteiger partial charge in [0.1, 0.15) is 5.82 Å². The minimum Gasteiger partial charge on any atom is -0.322 e. The Morgan fingerprint density at radius 3 is 2.95 bits per heavy atom. The van der Waals surface area contributed by atoms with Crippen molar-refractivity contribution in [1.82, 2.24) is 9.78 Å². The van der Waals surface area contributed by atoms with E-state index in [2.05, 4.69) is 22.3 Å². The summed E-state index contributed by atoms with van der Waals surface area (Å²) in [5.41, 5.74) is 6.23. The second-order valence-electron chi connectivity index (χ2n) is 4.06. The number of aryl methyl sites for hydroxylation is 1. The van der Waals surface area contributed by atoms with E-state index in [1.807, 2.05) is 0 Å². The molecule has 1 aromatic heterocycles. The zero-order chi connectivity index (χ0) is 14.5. The topological polar surface area (TPSA) is 72.9 Å². The molecule has 2 aromatic rings. The number of nitrogens with two attached hydrogens (primary N) is 1. The maximum atomic E-state index is 13.7. The monoisotopic (exact) mass is 272 g/mol. The summed E-state index contributed by atoms with van der Waals surface area (Å²) in [4.78, 5) is 11.9. The van der Waals surface area contributed by atoms with Gasteiger partial charge in [0.2, 0.25) is 0 Å². The molecule has 3 N–H and O–H groups in total. The summed E-state index contributed by atoms with van der Waals surface area (Å²) in [6, 6.07) is 4.30. The molecule has 0 atom stereocenters. The van der Waals surface area contributed by atoms with Crippen LogP contribution < -0.4 is 11.1 Å². The molecule has 0 aliphatic carbocycles. The van der Waals surface area contributed by atoms with Gasteiger partial charge in [-0.3, -0.25) is 9.48 Å². The summed E-state index contributed by atoms with van der Waals surface area (Å²) in [6.45, 7) is 0.166. The Bertz CT molecular complexity index is 697. The van der Waals surface area contributed by atoms with E-state index in [1.54, 1.807) is 19.3 Å². The van der Waals surface area contributed by atoms with Crippen LogP contribution in [-0.2, 0) is 7.05 Å². The first-order valence-corrected chi connectivity index (χ1v) is 5.88. The Labute approximate surface area is 115 Å². The minimum absolute atomic E-state index is 0.166. The van der Waals surface area contributed by atoms with E-state index in [4.69, 9.17) is 5.73 Å². The zero-order valence-corrected chi connectivity index (χ0v) is 10.9. The molecular formula is C14H13FN4O. The van der Waals surface area contributed by atoms with Crippen molar-refractivity contribution in [1.29, 1.82) is 0 Å². The summed E-state index contributed by atoms with van der Waals surface area (Å²) >= 11 is 0. The summed E-state index contributed by atoms with van der Waals surface area (Å²) in [7, 11) is 1.71. The second kappa shape index (κ2) is 5.99. The third kappa shape index (κ3) is 3.22. The smallest absolute Gasteiger partial charge is 0.258 e. The van der Waals surface area contributed by atoms with Gasteiger partial charge in [-0.25, -0.2) is 4.39 Å². The van der Waals surface area contributed by atoms with Gasteiger partial charge in [-0.2, -0.15) is 5.10 Å². The number of benzene rings is 1. The number of nitrogens with one attached hydrogen (secondary N) is 1. The lowest BCUT2D eigenvalue weighted by atomic mass is 10.2. The Kier molecular flexibility index (Phi) is 4.13. The van der Waals surface area contributed by atoms with Crippen molar-refractivity contribution in [3.8, 4) is 11.8 Å². The number of nitrogens with zero attached hydrogens (tertiary/aromatic N) is 2. The van der Waals surface area contributed by atoms with Crippen LogP contribution in [0.15, 0.2) is 30.6 Å². The Morgan fingerprint density at radius 2 is 2.35 bits per heavy atom. The largest absolute Gasteiger partial charge is 0.322 e. The molecule has 5 nitrogen and oxygen atoms in total. The molecule has 1 aromatic carbocycles. The average Bonchev–Trinajstić information content (AvgIpc) is 2.85. The fraction of sp³-hybridized carbons (Fsp3) is 0.143. The molecule has 102 valence electrons. The van der Waals surface area contributed by atoms with Crippen molar-refractivity contribution in [2.45, 2.75) is 0 Å². The molecule has 20 heavy (non-hydrogen) atoms. The molecular weight excluding hydrogens is 259 g/mol. The van der Waals surface area contributed by atoms with Crippen LogP contribution in [-0.4, -0.2) is 22.2 Å². The molecule has 0 aliphatic heterocycles. The van der Waals surface area contributed by atoms with Gasteiger partial charge in [-0.05, 0) is 18.2 Å². The molecule has 1 heterocycles. The molecule has 0 saturated heterocycles. The van der Waals surface area contributed by atoms with E-state index in [1.165, 1.54) is 23.0 Å². The van der Waals surface area contributed by atoms with Crippen molar-refractivity contribution >= 4 is 11.6 Å². The minimum atomic E-state index is -0.505.